The van der Waals surface area contributed by atoms with E-state index in [0.717, 1.165) is 37.4 Å². The molecule has 1 aliphatic rings. The largest absolute Gasteiger partial charge is 0.369 e. The number of benzene rings is 2. The lowest BCUT2D eigenvalue weighted by Crippen LogP contribution is -2.54. The predicted octanol–water partition coefficient (Wildman–Crippen LogP) is 2.83. The van der Waals surface area contributed by atoms with E-state index in [-0.39, 0.29) is 23.6 Å². The minimum absolute atomic E-state index is 0.00680. The number of hydrogen-bond donors (Lipinski definition) is 1. The highest BCUT2D eigenvalue weighted by Crippen LogP contribution is 2.17. The highest BCUT2D eigenvalue weighted by Gasteiger charge is 2.25. The summed E-state index contributed by atoms with van der Waals surface area (Å²) in [4.78, 5) is 16.8. The summed E-state index contributed by atoms with van der Waals surface area (Å²) >= 11 is 0. The molecule has 4 nitrogen and oxygen atoms in total. The Hall–Kier alpha value is -2.47. The summed E-state index contributed by atoms with van der Waals surface area (Å²) in [6.45, 7) is 5.62. The first-order valence-electron chi connectivity index (χ1n) is 9.29. The van der Waals surface area contributed by atoms with Crippen LogP contribution in [0.25, 0.3) is 0 Å². The fourth-order valence-corrected chi connectivity index (χ4v) is 3.31. The first-order valence-corrected chi connectivity index (χ1v) is 9.29. The van der Waals surface area contributed by atoms with Crippen molar-refractivity contribution in [1.29, 1.82) is 0 Å². The Morgan fingerprint density at radius 3 is 2.11 bits per heavy atom. The monoisotopic (exact) mass is 373 g/mol. The summed E-state index contributed by atoms with van der Waals surface area (Å²) in [6, 6.07) is 12.7. The molecular formula is C21H25F2N3O. The number of anilines is 1. The van der Waals surface area contributed by atoms with Gasteiger partial charge in [-0.1, -0.05) is 12.1 Å². The van der Waals surface area contributed by atoms with Crippen molar-refractivity contribution in [2.75, 3.05) is 37.6 Å². The van der Waals surface area contributed by atoms with E-state index in [1.54, 1.807) is 24.3 Å². The number of hydrogen-bond acceptors (Lipinski definition) is 3. The standard InChI is InChI=1S/C21H25F2N3O/c1-16(21(27)24-11-10-17-2-4-18(22)5-3-17)25-12-14-26(15-13-25)20-8-6-19(23)7-9-20/h2-9,16H,10-15H2,1H3,(H,24,27)/t16-/m0/s1. The number of carbonyl (C=O) groups is 1. The minimum atomic E-state index is -0.254. The van der Waals surface area contributed by atoms with E-state index < -0.39 is 0 Å². The van der Waals surface area contributed by atoms with Gasteiger partial charge in [0.15, 0.2) is 0 Å². The Morgan fingerprint density at radius 2 is 1.52 bits per heavy atom. The number of rotatable bonds is 6. The second-order valence-electron chi connectivity index (χ2n) is 6.84. The molecule has 2 aromatic carbocycles. The van der Waals surface area contributed by atoms with Crippen LogP contribution in [0.5, 0.6) is 0 Å². The molecule has 2 aromatic rings. The summed E-state index contributed by atoms with van der Waals surface area (Å²) in [5.74, 6) is -0.480. The molecule has 0 bridgehead atoms. The van der Waals surface area contributed by atoms with Crippen molar-refractivity contribution in [1.82, 2.24) is 10.2 Å². The fraction of sp³-hybridized carbons (Fsp3) is 0.381. The lowest BCUT2D eigenvalue weighted by molar-refractivity contribution is -0.125. The SMILES string of the molecule is C[C@@H](C(=O)NCCc1ccc(F)cc1)N1CCN(c2ccc(F)cc2)CC1. The van der Waals surface area contributed by atoms with Crippen LogP contribution in [-0.2, 0) is 11.2 Å². The van der Waals surface area contributed by atoms with Gasteiger partial charge in [0.2, 0.25) is 5.91 Å². The first-order chi connectivity index (χ1) is 13.0. The third kappa shape index (κ3) is 5.26. The normalized spacial score (nSPS) is 16.2. The number of nitrogens with one attached hydrogen (secondary N) is 1. The number of nitrogens with zero attached hydrogens (tertiary/aromatic N) is 2. The molecule has 0 aliphatic carbocycles. The van der Waals surface area contributed by atoms with Crippen LogP contribution in [0.2, 0.25) is 0 Å². The smallest absolute Gasteiger partial charge is 0.237 e. The minimum Gasteiger partial charge on any atom is -0.369 e. The van der Waals surface area contributed by atoms with Crippen LogP contribution < -0.4 is 10.2 Å². The van der Waals surface area contributed by atoms with Gasteiger partial charge in [-0.2, -0.15) is 0 Å². The molecule has 1 saturated heterocycles. The Kier molecular flexibility index (Phi) is 6.40. The van der Waals surface area contributed by atoms with Crippen molar-refractivity contribution in [2.45, 2.75) is 19.4 Å². The number of halogens is 2. The zero-order valence-corrected chi connectivity index (χ0v) is 15.5. The van der Waals surface area contributed by atoms with Crippen molar-refractivity contribution < 1.29 is 13.6 Å². The van der Waals surface area contributed by atoms with Gasteiger partial charge in [-0.25, -0.2) is 8.78 Å². The molecule has 0 unspecified atom stereocenters. The van der Waals surface area contributed by atoms with E-state index in [2.05, 4.69) is 15.1 Å². The van der Waals surface area contributed by atoms with E-state index in [4.69, 9.17) is 0 Å². The van der Waals surface area contributed by atoms with Crippen LogP contribution in [-0.4, -0.2) is 49.6 Å². The van der Waals surface area contributed by atoms with E-state index in [1.807, 2.05) is 6.92 Å². The van der Waals surface area contributed by atoms with E-state index in [1.165, 1.54) is 24.3 Å². The molecule has 144 valence electrons. The maximum Gasteiger partial charge on any atom is 0.237 e. The summed E-state index contributed by atoms with van der Waals surface area (Å²) in [6.07, 6.45) is 0.678. The van der Waals surface area contributed by atoms with E-state index >= 15 is 0 Å². The Morgan fingerprint density at radius 1 is 0.963 bits per heavy atom. The number of amides is 1. The molecule has 27 heavy (non-hydrogen) atoms. The molecule has 0 saturated carbocycles. The molecule has 0 spiro atoms. The summed E-state index contributed by atoms with van der Waals surface area (Å²) in [7, 11) is 0. The van der Waals surface area contributed by atoms with Crippen molar-refractivity contribution in [3.8, 4) is 0 Å². The third-order valence-corrected chi connectivity index (χ3v) is 5.06. The van der Waals surface area contributed by atoms with Crippen LogP contribution >= 0.6 is 0 Å². The molecular weight excluding hydrogens is 348 g/mol. The first kappa shape index (κ1) is 19.3. The maximum absolute atomic E-state index is 13.1. The van der Waals surface area contributed by atoms with Crippen molar-refractivity contribution in [3.05, 3.63) is 65.7 Å². The highest BCUT2D eigenvalue weighted by molar-refractivity contribution is 5.81. The topological polar surface area (TPSA) is 35.6 Å². The molecule has 1 amide bonds. The van der Waals surface area contributed by atoms with Gasteiger partial charge in [0.05, 0.1) is 6.04 Å². The van der Waals surface area contributed by atoms with Crippen LogP contribution in [0, 0.1) is 11.6 Å². The van der Waals surface area contributed by atoms with Crippen molar-refractivity contribution in [3.63, 3.8) is 0 Å². The zero-order chi connectivity index (χ0) is 19.2. The molecule has 0 aromatic heterocycles. The second-order valence-corrected chi connectivity index (χ2v) is 6.84. The molecule has 1 atom stereocenters. The van der Waals surface area contributed by atoms with E-state index in [0.29, 0.717) is 13.0 Å². The van der Waals surface area contributed by atoms with Crippen LogP contribution in [0.3, 0.4) is 0 Å². The summed E-state index contributed by atoms with van der Waals surface area (Å²) in [5.41, 5.74) is 2.00. The molecule has 0 radical (unpaired) electrons. The Balaban J connectivity index is 1.42. The quantitative estimate of drug-likeness (QED) is 0.846. The molecule has 6 heteroatoms. The number of carbonyl (C=O) groups excluding carboxylic acids is 1. The molecule has 1 heterocycles. The van der Waals surface area contributed by atoms with Gasteiger partial charge in [-0.15, -0.1) is 0 Å². The average molecular weight is 373 g/mol. The van der Waals surface area contributed by atoms with Crippen LogP contribution in [0.1, 0.15) is 12.5 Å². The van der Waals surface area contributed by atoms with E-state index in [9.17, 15) is 13.6 Å². The molecule has 1 N–H and O–H groups in total. The van der Waals surface area contributed by atoms with Gasteiger partial charge in [0, 0.05) is 38.4 Å². The summed E-state index contributed by atoms with van der Waals surface area (Å²) < 4.78 is 26.0. The molecule has 1 fully saturated rings. The Labute approximate surface area is 158 Å². The highest BCUT2D eigenvalue weighted by atomic mass is 19.1. The van der Waals surface area contributed by atoms with Gasteiger partial charge >= 0.3 is 0 Å². The van der Waals surface area contributed by atoms with Gasteiger partial charge < -0.3 is 10.2 Å². The zero-order valence-electron chi connectivity index (χ0n) is 15.5. The number of piperazine rings is 1. The second kappa shape index (κ2) is 8.95. The third-order valence-electron chi connectivity index (χ3n) is 5.06. The van der Waals surface area contributed by atoms with Gasteiger partial charge in [0.25, 0.3) is 0 Å². The van der Waals surface area contributed by atoms with Crippen molar-refractivity contribution in [2.24, 2.45) is 0 Å². The molecule has 1 aliphatic heterocycles. The van der Waals surface area contributed by atoms with Gasteiger partial charge in [-0.3, -0.25) is 9.69 Å². The Bertz CT molecular complexity index is 741. The lowest BCUT2D eigenvalue weighted by atomic mass is 10.1. The van der Waals surface area contributed by atoms with Gasteiger partial charge in [-0.05, 0) is 55.3 Å². The van der Waals surface area contributed by atoms with Crippen LogP contribution in [0.4, 0.5) is 14.5 Å². The average Bonchev–Trinajstić information content (AvgIpc) is 2.69. The summed E-state index contributed by atoms with van der Waals surface area (Å²) in [5, 5.41) is 2.96. The maximum atomic E-state index is 13.1. The van der Waals surface area contributed by atoms with Gasteiger partial charge in [0.1, 0.15) is 11.6 Å². The lowest BCUT2D eigenvalue weighted by Gasteiger charge is -2.38. The predicted molar refractivity (Wildman–Crippen MR) is 103 cm³/mol. The fourth-order valence-electron chi connectivity index (χ4n) is 3.31. The van der Waals surface area contributed by atoms with Crippen molar-refractivity contribution >= 4 is 11.6 Å². The van der Waals surface area contributed by atoms with Crippen LogP contribution in [0.15, 0.2) is 48.5 Å². The molecule has 3 rings (SSSR count).